The van der Waals surface area contributed by atoms with E-state index in [1.807, 2.05) is 11.0 Å². The van der Waals surface area contributed by atoms with E-state index in [2.05, 4.69) is 48.6 Å². The second kappa shape index (κ2) is 10.5. The lowest BCUT2D eigenvalue weighted by atomic mass is 9.68. The summed E-state index contributed by atoms with van der Waals surface area (Å²) in [7, 11) is 5.90. The summed E-state index contributed by atoms with van der Waals surface area (Å²) in [5, 5.41) is 2.49. The smallest absolute Gasteiger partial charge is 0.321 e. The molecule has 1 aromatic carbocycles. The molecule has 1 aliphatic carbocycles. The lowest BCUT2D eigenvalue weighted by Gasteiger charge is -2.51. The minimum Gasteiger partial charge on any atom is -0.385 e. The molecule has 0 unspecified atom stereocenters. The highest BCUT2D eigenvalue weighted by atomic mass is 16.5. The summed E-state index contributed by atoms with van der Waals surface area (Å²) in [5.41, 5.74) is 6.01. The Morgan fingerprint density at radius 2 is 1.82 bits per heavy atom. The maximum atomic E-state index is 13.3. The Balaban J connectivity index is 1.79. The van der Waals surface area contributed by atoms with Gasteiger partial charge in [0.15, 0.2) is 0 Å². The summed E-state index contributed by atoms with van der Waals surface area (Å²) in [6.45, 7) is 1.36. The van der Waals surface area contributed by atoms with Crippen LogP contribution in [0.3, 0.4) is 0 Å². The number of nitrogens with one attached hydrogen (secondary N) is 1. The fraction of sp³-hybridized carbons (Fsp3) is 0.625. The molecule has 4 amide bonds. The molecule has 1 saturated heterocycles. The molecule has 182 valence electrons. The minimum absolute atomic E-state index is 0.0772. The predicted octanol–water partition coefficient (Wildman–Crippen LogP) is 1.13. The molecule has 9 nitrogen and oxygen atoms in total. The van der Waals surface area contributed by atoms with Crippen LogP contribution in [0.25, 0.3) is 0 Å². The summed E-state index contributed by atoms with van der Waals surface area (Å²) in [6.07, 6.45) is 4.26. The van der Waals surface area contributed by atoms with E-state index in [4.69, 9.17) is 10.5 Å². The summed E-state index contributed by atoms with van der Waals surface area (Å²) < 4.78 is 5.21. The summed E-state index contributed by atoms with van der Waals surface area (Å²) in [4.78, 5) is 42.5. The highest BCUT2D eigenvalue weighted by Crippen LogP contribution is 2.48. The maximum Gasteiger partial charge on any atom is 0.321 e. The number of carbonyl (C=O) groups excluding carboxylic acids is 3. The van der Waals surface area contributed by atoms with Gasteiger partial charge in [-0.05, 0) is 51.8 Å². The van der Waals surface area contributed by atoms with Crippen molar-refractivity contribution in [1.29, 1.82) is 0 Å². The summed E-state index contributed by atoms with van der Waals surface area (Å²) in [5.74, 6) is -0.985. The monoisotopic (exact) mass is 459 g/mol. The van der Waals surface area contributed by atoms with Gasteiger partial charge in [0.25, 0.3) is 0 Å². The molecule has 1 aromatic rings. The number of hydrogen-bond acceptors (Lipinski definition) is 5. The van der Waals surface area contributed by atoms with Gasteiger partial charge in [-0.3, -0.25) is 14.5 Å². The minimum atomic E-state index is -0.609. The zero-order valence-electron chi connectivity index (χ0n) is 20.0. The molecule has 1 saturated carbocycles. The van der Waals surface area contributed by atoms with Crippen molar-refractivity contribution in [1.82, 2.24) is 20.0 Å². The third kappa shape index (κ3) is 5.30. The van der Waals surface area contributed by atoms with E-state index in [1.165, 1.54) is 5.56 Å². The van der Waals surface area contributed by atoms with Crippen LogP contribution >= 0.6 is 0 Å². The van der Waals surface area contributed by atoms with Gasteiger partial charge in [-0.25, -0.2) is 4.79 Å². The Morgan fingerprint density at radius 1 is 1.15 bits per heavy atom. The molecule has 2 fully saturated rings. The van der Waals surface area contributed by atoms with E-state index in [0.717, 1.165) is 32.1 Å². The molecule has 1 aliphatic heterocycles. The average Bonchev–Trinajstić information content (AvgIpc) is 3.04. The molecule has 1 spiro atoms. The number of primary amides is 1. The number of nitrogens with two attached hydrogens (primary N) is 1. The Labute approximate surface area is 196 Å². The molecule has 2 aliphatic rings. The van der Waals surface area contributed by atoms with Crippen LogP contribution in [0.4, 0.5) is 4.79 Å². The Morgan fingerprint density at radius 3 is 2.39 bits per heavy atom. The van der Waals surface area contributed by atoms with Gasteiger partial charge >= 0.3 is 6.03 Å². The molecular weight excluding hydrogens is 422 g/mol. The first kappa shape index (κ1) is 25.0. The van der Waals surface area contributed by atoms with Crippen LogP contribution < -0.4 is 11.1 Å². The van der Waals surface area contributed by atoms with Gasteiger partial charge in [0, 0.05) is 32.3 Å². The van der Waals surface area contributed by atoms with Gasteiger partial charge in [-0.15, -0.1) is 0 Å². The normalized spacial score (nSPS) is 25.2. The van der Waals surface area contributed by atoms with Crippen molar-refractivity contribution in [3.63, 3.8) is 0 Å². The van der Waals surface area contributed by atoms with Crippen LogP contribution in [-0.4, -0.2) is 92.1 Å². The molecule has 9 heteroatoms. The Kier molecular flexibility index (Phi) is 7.97. The fourth-order valence-electron chi connectivity index (χ4n) is 5.42. The SMILES string of the molecule is COCCCN1C(=O)N(CC(=O)NCC(N)=O)C[C@]12CC[C@](c1ccccc1)(N(C)C)CC2. The molecule has 1 heterocycles. The lowest BCUT2D eigenvalue weighted by molar-refractivity contribution is -0.125. The molecule has 0 atom stereocenters. The second-order valence-corrected chi connectivity index (χ2v) is 9.40. The van der Waals surface area contributed by atoms with Gasteiger partial charge in [-0.1, -0.05) is 30.3 Å². The first-order chi connectivity index (χ1) is 15.7. The Bertz CT molecular complexity index is 837. The number of ether oxygens (including phenoxy) is 1. The van der Waals surface area contributed by atoms with Gasteiger partial charge in [0.1, 0.15) is 6.54 Å². The molecule has 0 bridgehead atoms. The number of amides is 4. The van der Waals surface area contributed by atoms with E-state index >= 15 is 0 Å². The van der Waals surface area contributed by atoms with Gasteiger partial charge in [0.05, 0.1) is 12.1 Å². The highest BCUT2D eigenvalue weighted by Gasteiger charge is 2.54. The summed E-state index contributed by atoms with van der Waals surface area (Å²) >= 11 is 0. The molecule has 33 heavy (non-hydrogen) atoms. The molecule has 0 aromatic heterocycles. The van der Waals surface area contributed by atoms with Gasteiger partial charge in [-0.2, -0.15) is 0 Å². The van der Waals surface area contributed by atoms with Gasteiger partial charge in [0.2, 0.25) is 11.8 Å². The van der Waals surface area contributed by atoms with Crippen LogP contribution in [-0.2, 0) is 19.9 Å². The number of benzene rings is 1. The number of rotatable bonds is 10. The fourth-order valence-corrected chi connectivity index (χ4v) is 5.42. The van der Waals surface area contributed by atoms with Crippen molar-refractivity contribution in [3.8, 4) is 0 Å². The van der Waals surface area contributed by atoms with E-state index in [1.54, 1.807) is 12.0 Å². The van der Waals surface area contributed by atoms with Crippen molar-refractivity contribution in [2.75, 3.05) is 54.0 Å². The standard InChI is InChI=1S/C24H37N5O4/c1-27(2)24(19-8-5-4-6-9-19)12-10-23(11-13-24)18-28(17-21(31)26-16-20(25)30)22(32)29(23)14-7-15-33-3/h4-6,8-9H,7,10-18H2,1-3H3,(H2,25,30)(H,26,31)/t23-,24+. The number of nitrogens with zero attached hydrogens (tertiary/aromatic N) is 3. The van der Waals surface area contributed by atoms with Crippen molar-refractivity contribution in [2.45, 2.75) is 43.2 Å². The molecular formula is C24H37N5O4. The summed E-state index contributed by atoms with van der Waals surface area (Å²) in [6, 6.07) is 10.4. The van der Waals surface area contributed by atoms with Crippen LogP contribution in [0, 0.1) is 0 Å². The van der Waals surface area contributed by atoms with E-state index < -0.39 is 5.91 Å². The third-order valence-electron chi connectivity index (χ3n) is 7.26. The number of hydrogen-bond donors (Lipinski definition) is 2. The van der Waals surface area contributed by atoms with E-state index in [9.17, 15) is 14.4 Å². The van der Waals surface area contributed by atoms with E-state index in [-0.39, 0.29) is 36.1 Å². The van der Waals surface area contributed by atoms with Crippen LogP contribution in [0.5, 0.6) is 0 Å². The molecule has 3 N–H and O–H groups in total. The number of urea groups is 1. The largest absolute Gasteiger partial charge is 0.385 e. The topological polar surface area (TPSA) is 108 Å². The van der Waals surface area contributed by atoms with Crippen molar-refractivity contribution in [2.24, 2.45) is 5.73 Å². The Hall–Kier alpha value is -2.65. The molecule has 3 rings (SSSR count). The van der Waals surface area contributed by atoms with Crippen LogP contribution in [0.2, 0.25) is 0 Å². The second-order valence-electron chi connectivity index (χ2n) is 9.40. The van der Waals surface area contributed by atoms with Crippen LogP contribution in [0.15, 0.2) is 30.3 Å². The van der Waals surface area contributed by atoms with Gasteiger partial charge < -0.3 is 25.6 Å². The quantitative estimate of drug-likeness (QED) is 0.510. The van der Waals surface area contributed by atoms with E-state index in [0.29, 0.717) is 19.7 Å². The molecule has 0 radical (unpaired) electrons. The maximum absolute atomic E-state index is 13.3. The average molecular weight is 460 g/mol. The third-order valence-corrected chi connectivity index (χ3v) is 7.26. The zero-order valence-corrected chi connectivity index (χ0v) is 20.0. The highest BCUT2D eigenvalue weighted by molar-refractivity contribution is 5.88. The predicted molar refractivity (Wildman–Crippen MR) is 125 cm³/mol. The van der Waals surface area contributed by atoms with Crippen LogP contribution in [0.1, 0.15) is 37.7 Å². The van der Waals surface area contributed by atoms with Crippen molar-refractivity contribution in [3.05, 3.63) is 35.9 Å². The van der Waals surface area contributed by atoms with Crippen molar-refractivity contribution < 1.29 is 19.1 Å². The lowest BCUT2D eigenvalue weighted by Crippen LogP contribution is -2.55. The first-order valence-corrected chi connectivity index (χ1v) is 11.6. The first-order valence-electron chi connectivity index (χ1n) is 11.6. The van der Waals surface area contributed by atoms with Crippen molar-refractivity contribution >= 4 is 17.8 Å². The number of carbonyl (C=O) groups is 3. The zero-order chi connectivity index (χ0) is 24.1. The number of methoxy groups -OCH3 is 1.